The normalized spacial score (nSPS) is 16.2. The van der Waals surface area contributed by atoms with Crippen molar-refractivity contribution in [1.82, 2.24) is 24.8 Å². The summed E-state index contributed by atoms with van der Waals surface area (Å²) in [5.74, 6) is 0.977. The minimum atomic E-state index is 0.253. The molecule has 6 nitrogen and oxygen atoms in total. The van der Waals surface area contributed by atoms with E-state index in [1.165, 1.54) is 29.6 Å². The number of nitrogens with zero attached hydrogens (tertiary/aromatic N) is 4. The Hall–Kier alpha value is -3.51. The van der Waals surface area contributed by atoms with Crippen LogP contribution in [0.2, 0.25) is 0 Å². The maximum Gasteiger partial charge on any atom is 0.181 e. The van der Waals surface area contributed by atoms with Gasteiger partial charge in [-0.1, -0.05) is 24.3 Å². The van der Waals surface area contributed by atoms with E-state index in [4.69, 9.17) is 14.4 Å². The van der Waals surface area contributed by atoms with E-state index < -0.39 is 0 Å². The molecule has 0 aliphatic heterocycles. The van der Waals surface area contributed by atoms with Crippen molar-refractivity contribution in [1.29, 1.82) is 0 Å². The van der Waals surface area contributed by atoms with Gasteiger partial charge in [0.15, 0.2) is 12.0 Å². The van der Waals surface area contributed by atoms with Gasteiger partial charge in [0, 0.05) is 12.7 Å². The molecule has 0 saturated heterocycles. The first kappa shape index (κ1) is 18.3. The summed E-state index contributed by atoms with van der Waals surface area (Å²) in [5.41, 5.74) is 7.54. The molecule has 6 rings (SSSR count). The molecule has 0 radical (unpaired) electrons. The van der Waals surface area contributed by atoms with Crippen molar-refractivity contribution >= 4 is 22.1 Å². The fourth-order valence-electron chi connectivity index (χ4n) is 4.72. The summed E-state index contributed by atoms with van der Waals surface area (Å²) in [5, 5.41) is 0. The summed E-state index contributed by atoms with van der Waals surface area (Å²) in [6.07, 6.45) is 6.77. The first-order valence-electron chi connectivity index (χ1n) is 10.8. The zero-order valence-corrected chi connectivity index (χ0v) is 17.2. The van der Waals surface area contributed by atoms with E-state index in [-0.39, 0.29) is 6.04 Å². The number of para-hydroxylation sites is 2. The average Bonchev–Trinajstić information content (AvgIpc) is 3.44. The maximum absolute atomic E-state index is 5.54. The highest BCUT2D eigenvalue weighted by molar-refractivity contribution is 5.74. The van der Waals surface area contributed by atoms with Crippen LogP contribution in [0.3, 0.4) is 0 Å². The van der Waals surface area contributed by atoms with Crippen molar-refractivity contribution in [2.24, 2.45) is 0 Å². The Morgan fingerprint density at radius 2 is 1.97 bits per heavy atom. The number of rotatable bonds is 5. The number of oxazole rings is 1. The molecule has 0 amide bonds. The number of hydrogen-bond donors (Lipinski definition) is 1. The van der Waals surface area contributed by atoms with Gasteiger partial charge in [-0.05, 0) is 60.7 Å². The number of benzene rings is 2. The van der Waals surface area contributed by atoms with E-state index >= 15 is 0 Å². The van der Waals surface area contributed by atoms with Gasteiger partial charge in [0.1, 0.15) is 11.3 Å². The summed E-state index contributed by atoms with van der Waals surface area (Å²) in [7, 11) is 0. The van der Waals surface area contributed by atoms with Crippen LogP contribution in [0.4, 0.5) is 0 Å². The van der Waals surface area contributed by atoms with Crippen LogP contribution in [0, 0.1) is 0 Å². The molecule has 1 N–H and O–H groups in total. The highest BCUT2D eigenvalue weighted by Gasteiger charge is 2.28. The fraction of sp³-hybridized carbons (Fsp3) is 0.240. The molecule has 154 valence electrons. The molecule has 6 heteroatoms. The van der Waals surface area contributed by atoms with Crippen molar-refractivity contribution in [2.75, 3.05) is 0 Å². The van der Waals surface area contributed by atoms with Crippen molar-refractivity contribution < 1.29 is 4.42 Å². The molecule has 0 fully saturated rings. The van der Waals surface area contributed by atoms with Crippen molar-refractivity contribution in [3.63, 3.8) is 0 Å². The van der Waals surface area contributed by atoms with Gasteiger partial charge in [0.05, 0.1) is 29.3 Å². The van der Waals surface area contributed by atoms with Gasteiger partial charge < -0.3 is 9.40 Å². The van der Waals surface area contributed by atoms with Crippen molar-refractivity contribution in [3.05, 3.63) is 89.8 Å². The topological polar surface area (TPSA) is 70.8 Å². The van der Waals surface area contributed by atoms with E-state index in [2.05, 4.69) is 45.2 Å². The van der Waals surface area contributed by atoms with E-state index in [9.17, 15) is 0 Å². The highest BCUT2D eigenvalue weighted by Crippen LogP contribution is 2.35. The molecule has 5 aromatic rings. The number of imidazole rings is 1. The van der Waals surface area contributed by atoms with Gasteiger partial charge in [-0.3, -0.25) is 9.88 Å². The zero-order valence-electron chi connectivity index (χ0n) is 17.2. The minimum absolute atomic E-state index is 0.253. The third-order valence-corrected chi connectivity index (χ3v) is 6.18. The maximum atomic E-state index is 5.54. The highest BCUT2D eigenvalue weighted by atomic mass is 16.3. The van der Waals surface area contributed by atoms with E-state index in [0.717, 1.165) is 53.9 Å². The van der Waals surface area contributed by atoms with E-state index in [1.807, 2.05) is 30.5 Å². The Labute approximate surface area is 180 Å². The molecule has 1 aliphatic rings. The van der Waals surface area contributed by atoms with Crippen LogP contribution in [0.5, 0.6) is 0 Å². The quantitative estimate of drug-likeness (QED) is 0.433. The van der Waals surface area contributed by atoms with E-state index in [1.54, 1.807) is 0 Å². The number of H-pyrrole nitrogens is 1. The first-order valence-corrected chi connectivity index (χ1v) is 10.8. The molecule has 31 heavy (non-hydrogen) atoms. The van der Waals surface area contributed by atoms with Crippen LogP contribution < -0.4 is 0 Å². The van der Waals surface area contributed by atoms with Crippen LogP contribution in [-0.2, 0) is 19.5 Å². The SMILES string of the molecule is c1cnc2c(c1)CCCC2N(Cc1ccc2ncoc2c1)Cc1nc2ccccc2[nH]1. The van der Waals surface area contributed by atoms with Crippen LogP contribution in [0.1, 0.15) is 41.5 Å². The standard InChI is InChI=1S/C25H23N5O/c1-2-8-20-19(7-1)28-24(29-20)15-30(14-17-10-11-21-23(13-17)31-16-27-21)22-9-3-5-18-6-4-12-26-25(18)22/h1-2,4,6-8,10-13,16,22H,3,5,9,14-15H2,(H,28,29). The van der Waals surface area contributed by atoms with Crippen LogP contribution in [-0.4, -0.2) is 24.8 Å². The number of aromatic nitrogens is 4. The molecular formula is C25H23N5O. The Kier molecular flexibility index (Phi) is 4.50. The molecule has 0 bridgehead atoms. The second kappa shape index (κ2) is 7.63. The number of aromatic amines is 1. The summed E-state index contributed by atoms with van der Waals surface area (Å²) in [4.78, 5) is 19.9. The molecular weight excluding hydrogens is 386 g/mol. The summed E-state index contributed by atoms with van der Waals surface area (Å²) < 4.78 is 5.54. The van der Waals surface area contributed by atoms with Gasteiger partial charge in [0.2, 0.25) is 0 Å². The lowest BCUT2D eigenvalue weighted by Gasteiger charge is -2.34. The van der Waals surface area contributed by atoms with Gasteiger partial charge in [-0.25, -0.2) is 9.97 Å². The zero-order chi connectivity index (χ0) is 20.6. The fourth-order valence-corrected chi connectivity index (χ4v) is 4.72. The molecule has 1 atom stereocenters. The molecule has 1 aliphatic carbocycles. The summed E-state index contributed by atoms with van der Waals surface area (Å²) >= 11 is 0. The summed E-state index contributed by atoms with van der Waals surface area (Å²) in [6.45, 7) is 1.51. The van der Waals surface area contributed by atoms with E-state index in [0.29, 0.717) is 0 Å². The second-order valence-electron chi connectivity index (χ2n) is 8.22. The van der Waals surface area contributed by atoms with Crippen molar-refractivity contribution in [3.8, 4) is 0 Å². The molecule has 3 aromatic heterocycles. The third-order valence-electron chi connectivity index (χ3n) is 6.18. The second-order valence-corrected chi connectivity index (χ2v) is 8.22. The molecule has 3 heterocycles. The predicted molar refractivity (Wildman–Crippen MR) is 119 cm³/mol. The van der Waals surface area contributed by atoms with Gasteiger partial charge in [-0.2, -0.15) is 0 Å². The molecule has 1 unspecified atom stereocenters. The minimum Gasteiger partial charge on any atom is -0.443 e. The summed E-state index contributed by atoms with van der Waals surface area (Å²) in [6, 6.07) is 19.0. The monoisotopic (exact) mass is 409 g/mol. The lowest BCUT2D eigenvalue weighted by atomic mass is 9.90. The predicted octanol–water partition coefficient (Wildman–Crippen LogP) is 5.18. The molecule has 0 saturated carbocycles. The number of fused-ring (bicyclic) bond motifs is 3. The Balaban J connectivity index is 1.37. The number of pyridine rings is 1. The molecule has 0 spiro atoms. The smallest absolute Gasteiger partial charge is 0.181 e. The number of nitrogens with one attached hydrogen (secondary N) is 1. The Morgan fingerprint density at radius 3 is 2.94 bits per heavy atom. The Bertz CT molecular complexity index is 1320. The largest absolute Gasteiger partial charge is 0.443 e. The number of hydrogen-bond acceptors (Lipinski definition) is 5. The lowest BCUT2D eigenvalue weighted by molar-refractivity contribution is 0.153. The van der Waals surface area contributed by atoms with Crippen LogP contribution in [0.25, 0.3) is 22.1 Å². The molecule has 2 aromatic carbocycles. The average molecular weight is 409 g/mol. The lowest BCUT2D eigenvalue weighted by Crippen LogP contribution is -2.31. The van der Waals surface area contributed by atoms with Crippen LogP contribution >= 0.6 is 0 Å². The number of aryl methyl sites for hydroxylation is 1. The Morgan fingerprint density at radius 1 is 1.00 bits per heavy atom. The van der Waals surface area contributed by atoms with Gasteiger partial charge in [-0.15, -0.1) is 0 Å². The van der Waals surface area contributed by atoms with Gasteiger partial charge in [0.25, 0.3) is 0 Å². The van der Waals surface area contributed by atoms with Crippen molar-refractivity contribution in [2.45, 2.75) is 38.4 Å². The third kappa shape index (κ3) is 3.49. The van der Waals surface area contributed by atoms with Gasteiger partial charge >= 0.3 is 0 Å². The first-order chi connectivity index (χ1) is 15.3. The van der Waals surface area contributed by atoms with Crippen LogP contribution in [0.15, 0.2) is 71.6 Å².